The van der Waals surface area contributed by atoms with Crippen molar-refractivity contribution < 1.29 is 0 Å². The molecule has 1 rings (SSSR count). The van der Waals surface area contributed by atoms with E-state index in [2.05, 4.69) is 18.8 Å². The van der Waals surface area contributed by atoms with Crippen molar-refractivity contribution in [2.75, 3.05) is 13.1 Å². The molecule has 0 aliphatic heterocycles. The van der Waals surface area contributed by atoms with Crippen molar-refractivity contribution in [2.45, 2.75) is 45.4 Å². The smallest absolute Gasteiger partial charge is 0.00180 e. The number of hydrogen-bond donors (Lipinski definition) is 1. The van der Waals surface area contributed by atoms with E-state index < -0.39 is 0 Å². The number of unbranched alkanes of at least 4 members (excludes halogenated alkanes) is 1. The fourth-order valence-electron chi connectivity index (χ4n) is 2.36. The summed E-state index contributed by atoms with van der Waals surface area (Å²) in [4.78, 5) is 0. The third kappa shape index (κ3) is 4.28. The summed E-state index contributed by atoms with van der Waals surface area (Å²) >= 11 is 0. The van der Waals surface area contributed by atoms with Gasteiger partial charge in [0.1, 0.15) is 0 Å². The van der Waals surface area contributed by atoms with Gasteiger partial charge in [-0.15, -0.1) is 6.58 Å². The van der Waals surface area contributed by atoms with E-state index in [4.69, 9.17) is 0 Å². The number of nitrogens with one attached hydrogen (secondary N) is 1. The van der Waals surface area contributed by atoms with E-state index in [1.165, 1.54) is 38.6 Å². The standard InChI is InChI=1S/C13H25N/c1-3-4-7-10-14-11-13-9-6-5-8-12(13)2/h3,12-14H,1,4-11H2,2H3. The lowest BCUT2D eigenvalue weighted by molar-refractivity contribution is 0.248. The molecule has 0 aromatic carbocycles. The van der Waals surface area contributed by atoms with Crippen LogP contribution in [0.5, 0.6) is 0 Å². The van der Waals surface area contributed by atoms with Crippen LogP contribution in [0.2, 0.25) is 0 Å². The van der Waals surface area contributed by atoms with E-state index in [0.717, 1.165) is 24.8 Å². The quantitative estimate of drug-likeness (QED) is 0.506. The van der Waals surface area contributed by atoms with Crippen LogP contribution in [-0.4, -0.2) is 13.1 Å². The minimum absolute atomic E-state index is 0.937. The maximum Gasteiger partial charge on any atom is -0.00180 e. The first-order valence-corrected chi connectivity index (χ1v) is 6.16. The number of hydrogen-bond acceptors (Lipinski definition) is 1. The van der Waals surface area contributed by atoms with Gasteiger partial charge in [0, 0.05) is 0 Å². The van der Waals surface area contributed by atoms with Crippen LogP contribution in [0.4, 0.5) is 0 Å². The molecule has 2 atom stereocenters. The van der Waals surface area contributed by atoms with Gasteiger partial charge < -0.3 is 5.32 Å². The van der Waals surface area contributed by atoms with E-state index in [1.807, 2.05) is 6.08 Å². The predicted octanol–water partition coefficient (Wildman–Crippen LogP) is 3.37. The average Bonchev–Trinajstić information content (AvgIpc) is 2.20. The first-order chi connectivity index (χ1) is 6.84. The van der Waals surface area contributed by atoms with Crippen molar-refractivity contribution in [1.82, 2.24) is 5.32 Å². The highest BCUT2D eigenvalue weighted by atomic mass is 14.9. The Morgan fingerprint density at radius 3 is 2.86 bits per heavy atom. The van der Waals surface area contributed by atoms with Crippen molar-refractivity contribution >= 4 is 0 Å². The summed E-state index contributed by atoms with van der Waals surface area (Å²) in [6.07, 6.45) is 10.2. The van der Waals surface area contributed by atoms with Crippen molar-refractivity contribution in [3.63, 3.8) is 0 Å². The maximum atomic E-state index is 3.73. The second kappa shape index (κ2) is 7.05. The van der Waals surface area contributed by atoms with Crippen LogP contribution < -0.4 is 5.32 Å². The summed E-state index contributed by atoms with van der Waals surface area (Å²) in [6.45, 7) is 8.54. The number of allylic oxidation sites excluding steroid dienone is 1. The Bertz CT molecular complexity index is 153. The molecular formula is C13H25N. The zero-order chi connectivity index (χ0) is 10.2. The Morgan fingerprint density at radius 1 is 1.36 bits per heavy atom. The summed E-state index contributed by atoms with van der Waals surface area (Å²) in [7, 11) is 0. The van der Waals surface area contributed by atoms with Gasteiger partial charge in [0.2, 0.25) is 0 Å². The SMILES string of the molecule is C=CCCCNCC1CCCCC1C. The third-order valence-electron chi connectivity index (χ3n) is 3.46. The molecule has 1 aliphatic rings. The van der Waals surface area contributed by atoms with Crippen molar-refractivity contribution in [1.29, 1.82) is 0 Å². The van der Waals surface area contributed by atoms with Crippen LogP contribution in [0.15, 0.2) is 12.7 Å². The van der Waals surface area contributed by atoms with Crippen LogP contribution in [0, 0.1) is 11.8 Å². The Kier molecular flexibility index (Phi) is 5.93. The molecule has 0 aromatic rings. The van der Waals surface area contributed by atoms with Crippen LogP contribution in [0.3, 0.4) is 0 Å². The Labute approximate surface area is 89.0 Å². The molecule has 82 valence electrons. The molecule has 0 saturated heterocycles. The van der Waals surface area contributed by atoms with Crippen molar-refractivity contribution in [3.8, 4) is 0 Å². The summed E-state index contributed by atoms with van der Waals surface area (Å²) in [5.41, 5.74) is 0. The third-order valence-corrected chi connectivity index (χ3v) is 3.46. The van der Waals surface area contributed by atoms with E-state index in [9.17, 15) is 0 Å². The minimum atomic E-state index is 0.937. The molecule has 0 aromatic heterocycles. The van der Waals surface area contributed by atoms with Gasteiger partial charge in [0.25, 0.3) is 0 Å². The normalized spacial score (nSPS) is 27.5. The van der Waals surface area contributed by atoms with Crippen LogP contribution in [0.25, 0.3) is 0 Å². The van der Waals surface area contributed by atoms with Gasteiger partial charge in [-0.2, -0.15) is 0 Å². The highest BCUT2D eigenvalue weighted by Crippen LogP contribution is 2.28. The summed E-state index contributed by atoms with van der Waals surface area (Å²) < 4.78 is 0. The summed E-state index contributed by atoms with van der Waals surface area (Å²) in [5, 5.41) is 3.57. The van der Waals surface area contributed by atoms with Gasteiger partial charge in [-0.05, 0) is 44.2 Å². The Hall–Kier alpha value is -0.300. The van der Waals surface area contributed by atoms with E-state index in [1.54, 1.807) is 0 Å². The molecule has 0 amide bonds. The van der Waals surface area contributed by atoms with Gasteiger partial charge in [-0.3, -0.25) is 0 Å². The second-order valence-electron chi connectivity index (χ2n) is 4.66. The van der Waals surface area contributed by atoms with Gasteiger partial charge in [0.05, 0.1) is 0 Å². The van der Waals surface area contributed by atoms with Gasteiger partial charge in [-0.1, -0.05) is 32.3 Å². The zero-order valence-corrected chi connectivity index (χ0v) is 9.60. The fourth-order valence-corrected chi connectivity index (χ4v) is 2.36. The molecule has 0 bridgehead atoms. The first-order valence-electron chi connectivity index (χ1n) is 6.16. The van der Waals surface area contributed by atoms with E-state index in [0.29, 0.717) is 0 Å². The van der Waals surface area contributed by atoms with Crippen LogP contribution >= 0.6 is 0 Å². The highest BCUT2D eigenvalue weighted by molar-refractivity contribution is 4.74. The Morgan fingerprint density at radius 2 is 2.14 bits per heavy atom. The molecular weight excluding hydrogens is 170 g/mol. The average molecular weight is 195 g/mol. The van der Waals surface area contributed by atoms with Crippen molar-refractivity contribution in [2.24, 2.45) is 11.8 Å². The highest BCUT2D eigenvalue weighted by Gasteiger charge is 2.20. The molecule has 1 N–H and O–H groups in total. The molecule has 14 heavy (non-hydrogen) atoms. The maximum absolute atomic E-state index is 3.73. The van der Waals surface area contributed by atoms with Gasteiger partial charge in [0.15, 0.2) is 0 Å². The first kappa shape index (κ1) is 11.8. The molecule has 1 saturated carbocycles. The second-order valence-corrected chi connectivity index (χ2v) is 4.66. The molecule has 1 aliphatic carbocycles. The summed E-state index contributed by atoms with van der Waals surface area (Å²) in [5.74, 6) is 1.88. The molecule has 1 fully saturated rings. The van der Waals surface area contributed by atoms with Gasteiger partial charge in [-0.25, -0.2) is 0 Å². The molecule has 0 radical (unpaired) electrons. The number of rotatable bonds is 6. The molecule has 1 nitrogen and oxygen atoms in total. The molecule has 2 unspecified atom stereocenters. The largest absolute Gasteiger partial charge is 0.316 e. The predicted molar refractivity (Wildman–Crippen MR) is 63.4 cm³/mol. The van der Waals surface area contributed by atoms with Crippen LogP contribution in [-0.2, 0) is 0 Å². The van der Waals surface area contributed by atoms with Gasteiger partial charge >= 0.3 is 0 Å². The zero-order valence-electron chi connectivity index (χ0n) is 9.60. The summed E-state index contributed by atoms with van der Waals surface area (Å²) in [6, 6.07) is 0. The van der Waals surface area contributed by atoms with E-state index in [-0.39, 0.29) is 0 Å². The lowest BCUT2D eigenvalue weighted by Gasteiger charge is -2.28. The monoisotopic (exact) mass is 195 g/mol. The lowest BCUT2D eigenvalue weighted by Crippen LogP contribution is -2.29. The van der Waals surface area contributed by atoms with Crippen molar-refractivity contribution in [3.05, 3.63) is 12.7 Å². The molecule has 0 heterocycles. The van der Waals surface area contributed by atoms with Crippen LogP contribution in [0.1, 0.15) is 45.4 Å². The minimum Gasteiger partial charge on any atom is -0.316 e. The lowest BCUT2D eigenvalue weighted by atomic mass is 9.80. The Balaban J connectivity index is 2.01. The molecule has 0 spiro atoms. The fraction of sp³-hybridized carbons (Fsp3) is 0.846. The van der Waals surface area contributed by atoms with E-state index >= 15 is 0 Å². The molecule has 1 heteroatoms. The topological polar surface area (TPSA) is 12.0 Å².